The van der Waals surface area contributed by atoms with Crippen molar-refractivity contribution in [2.75, 3.05) is 13.2 Å². The maximum atomic E-state index is 13.0. The molecule has 0 fully saturated rings. The van der Waals surface area contributed by atoms with Crippen LogP contribution in [0, 0.1) is 0 Å². The average molecular weight is 559 g/mol. The van der Waals surface area contributed by atoms with Gasteiger partial charge in [-0.2, -0.15) is 0 Å². The number of carbonyl (C=O) groups excluding carboxylic acids is 1. The van der Waals surface area contributed by atoms with Crippen molar-refractivity contribution in [2.45, 2.75) is 38.9 Å². The van der Waals surface area contributed by atoms with Gasteiger partial charge in [0, 0.05) is 25.6 Å². The van der Waals surface area contributed by atoms with E-state index in [2.05, 4.69) is 95.1 Å². The number of ether oxygens (including phenoxy) is 1. The van der Waals surface area contributed by atoms with Gasteiger partial charge >= 0.3 is 0 Å². The molecule has 0 bridgehead atoms. The number of rotatable bonds is 14. The van der Waals surface area contributed by atoms with Crippen molar-refractivity contribution in [3.05, 3.63) is 161 Å². The molecule has 1 N–H and O–H groups in total. The first-order valence-electron chi connectivity index (χ1n) is 14.6. The normalized spacial score (nSPS) is 11.1. The van der Waals surface area contributed by atoms with Crippen molar-refractivity contribution in [2.24, 2.45) is 0 Å². The van der Waals surface area contributed by atoms with Crippen molar-refractivity contribution in [1.82, 2.24) is 10.2 Å². The van der Waals surface area contributed by atoms with E-state index in [1.165, 1.54) is 22.3 Å². The Morgan fingerprint density at radius 1 is 0.714 bits per heavy atom. The highest BCUT2D eigenvalue weighted by atomic mass is 16.5. The van der Waals surface area contributed by atoms with E-state index in [0.717, 1.165) is 31.0 Å². The van der Waals surface area contributed by atoms with E-state index < -0.39 is 0 Å². The summed E-state index contributed by atoms with van der Waals surface area (Å²) in [5, 5.41) is 3.07. The van der Waals surface area contributed by atoms with Gasteiger partial charge in [-0.25, -0.2) is 0 Å². The van der Waals surface area contributed by atoms with Crippen LogP contribution in [0.3, 0.4) is 0 Å². The molecule has 5 heteroatoms. The molecule has 1 amide bonds. The van der Waals surface area contributed by atoms with Crippen LogP contribution in [0.2, 0.25) is 0 Å². The van der Waals surface area contributed by atoms with E-state index in [1.807, 2.05) is 43.3 Å². The van der Waals surface area contributed by atoms with Crippen LogP contribution < -0.4 is 10.1 Å². The lowest BCUT2D eigenvalue weighted by Crippen LogP contribution is -2.25. The quantitative estimate of drug-likeness (QED) is 0.151. The van der Waals surface area contributed by atoms with Gasteiger partial charge in [0.25, 0.3) is 5.91 Å². The standard InChI is InChI=1S/C37H38N2O3/c1-2-41-33-20-18-30(19-21-33)27-39(26-29-12-6-3-7-13-29)28-34-22-23-36(42-34)37(40)38-25-24-35(31-14-8-4-9-15-31)32-16-10-5-11-17-32/h3-23,35H,2,24-28H2,1H3,(H,38,40). The minimum Gasteiger partial charge on any atom is -0.494 e. The summed E-state index contributed by atoms with van der Waals surface area (Å²) in [5.74, 6) is 1.97. The van der Waals surface area contributed by atoms with E-state index in [4.69, 9.17) is 9.15 Å². The summed E-state index contributed by atoms with van der Waals surface area (Å²) in [5.41, 5.74) is 4.89. The molecule has 0 radical (unpaired) electrons. The Kier molecular flexibility index (Phi) is 10.2. The minimum atomic E-state index is -0.192. The first kappa shape index (κ1) is 28.9. The number of furan rings is 1. The van der Waals surface area contributed by atoms with Crippen molar-refractivity contribution in [1.29, 1.82) is 0 Å². The number of carbonyl (C=O) groups is 1. The maximum absolute atomic E-state index is 13.0. The highest BCUT2D eigenvalue weighted by Gasteiger charge is 2.17. The molecule has 42 heavy (non-hydrogen) atoms. The summed E-state index contributed by atoms with van der Waals surface area (Å²) >= 11 is 0. The molecule has 5 rings (SSSR count). The van der Waals surface area contributed by atoms with Crippen LogP contribution in [-0.2, 0) is 19.6 Å². The zero-order valence-corrected chi connectivity index (χ0v) is 24.1. The van der Waals surface area contributed by atoms with E-state index in [1.54, 1.807) is 6.07 Å². The lowest BCUT2D eigenvalue weighted by molar-refractivity contribution is 0.0920. The molecular weight excluding hydrogens is 520 g/mol. The van der Waals surface area contributed by atoms with Gasteiger partial charge in [0.05, 0.1) is 13.2 Å². The van der Waals surface area contributed by atoms with E-state index in [-0.39, 0.29) is 11.8 Å². The van der Waals surface area contributed by atoms with Gasteiger partial charge < -0.3 is 14.5 Å². The van der Waals surface area contributed by atoms with Crippen LogP contribution in [0.25, 0.3) is 0 Å². The van der Waals surface area contributed by atoms with Gasteiger partial charge in [-0.15, -0.1) is 0 Å². The second-order valence-corrected chi connectivity index (χ2v) is 10.4. The lowest BCUT2D eigenvalue weighted by Gasteiger charge is -2.22. The molecule has 0 atom stereocenters. The predicted molar refractivity (Wildman–Crippen MR) is 167 cm³/mol. The molecular formula is C37H38N2O3. The van der Waals surface area contributed by atoms with Crippen LogP contribution in [0.5, 0.6) is 5.75 Å². The fourth-order valence-corrected chi connectivity index (χ4v) is 5.24. The summed E-state index contributed by atoms with van der Waals surface area (Å²) in [4.78, 5) is 15.4. The third kappa shape index (κ3) is 8.21. The Morgan fingerprint density at radius 2 is 1.29 bits per heavy atom. The second kappa shape index (κ2) is 14.9. The molecule has 0 saturated heterocycles. The summed E-state index contributed by atoms with van der Waals surface area (Å²) in [6.07, 6.45) is 0.792. The van der Waals surface area contributed by atoms with E-state index >= 15 is 0 Å². The Balaban J connectivity index is 1.21. The van der Waals surface area contributed by atoms with Gasteiger partial charge in [-0.1, -0.05) is 103 Å². The fraction of sp³-hybridized carbons (Fsp3) is 0.216. The third-order valence-electron chi connectivity index (χ3n) is 7.28. The number of nitrogens with one attached hydrogen (secondary N) is 1. The van der Waals surface area contributed by atoms with E-state index in [9.17, 15) is 4.79 Å². The van der Waals surface area contributed by atoms with Gasteiger partial charge in [0.1, 0.15) is 11.5 Å². The van der Waals surface area contributed by atoms with Crippen LogP contribution in [0.4, 0.5) is 0 Å². The summed E-state index contributed by atoms with van der Waals surface area (Å²) in [6.45, 7) is 5.26. The van der Waals surface area contributed by atoms with E-state index in [0.29, 0.717) is 25.5 Å². The minimum absolute atomic E-state index is 0.192. The zero-order valence-electron chi connectivity index (χ0n) is 24.1. The number of benzene rings is 4. The Bertz CT molecular complexity index is 1460. The monoisotopic (exact) mass is 558 g/mol. The molecule has 1 heterocycles. The Labute approximate surface area is 248 Å². The van der Waals surface area contributed by atoms with Gasteiger partial charge in [-0.05, 0) is 59.9 Å². The largest absolute Gasteiger partial charge is 0.494 e. The molecule has 5 nitrogen and oxygen atoms in total. The topological polar surface area (TPSA) is 54.7 Å². The maximum Gasteiger partial charge on any atom is 0.286 e. The number of amides is 1. The number of nitrogens with zero attached hydrogens (tertiary/aromatic N) is 1. The van der Waals surface area contributed by atoms with Gasteiger partial charge in [-0.3, -0.25) is 9.69 Å². The van der Waals surface area contributed by atoms with Crippen LogP contribution >= 0.6 is 0 Å². The molecule has 214 valence electrons. The smallest absolute Gasteiger partial charge is 0.286 e. The third-order valence-corrected chi connectivity index (χ3v) is 7.28. The van der Waals surface area contributed by atoms with Crippen LogP contribution in [0.1, 0.15) is 57.8 Å². The zero-order chi connectivity index (χ0) is 29.0. The van der Waals surface area contributed by atoms with Crippen LogP contribution in [0.15, 0.2) is 132 Å². The first-order valence-corrected chi connectivity index (χ1v) is 14.6. The molecule has 5 aromatic rings. The molecule has 0 aliphatic rings. The highest BCUT2D eigenvalue weighted by molar-refractivity contribution is 5.91. The number of hydrogen-bond donors (Lipinski definition) is 1. The second-order valence-electron chi connectivity index (χ2n) is 10.4. The Hall–Kier alpha value is -4.61. The van der Waals surface area contributed by atoms with Gasteiger partial charge in [0.15, 0.2) is 5.76 Å². The van der Waals surface area contributed by atoms with Gasteiger partial charge in [0.2, 0.25) is 0 Å². The summed E-state index contributed by atoms with van der Waals surface area (Å²) in [7, 11) is 0. The first-order chi connectivity index (χ1) is 20.7. The molecule has 0 spiro atoms. The van der Waals surface area contributed by atoms with Crippen molar-refractivity contribution < 1.29 is 13.9 Å². The molecule has 1 aromatic heterocycles. The molecule has 0 aliphatic heterocycles. The predicted octanol–water partition coefficient (Wildman–Crippen LogP) is 7.83. The van der Waals surface area contributed by atoms with Crippen molar-refractivity contribution in [3.8, 4) is 5.75 Å². The SMILES string of the molecule is CCOc1ccc(CN(Cc2ccccc2)Cc2ccc(C(=O)NCCC(c3ccccc3)c3ccccc3)o2)cc1. The molecule has 0 unspecified atom stereocenters. The van der Waals surface area contributed by atoms with Crippen molar-refractivity contribution >= 4 is 5.91 Å². The molecule has 0 aliphatic carbocycles. The fourth-order valence-electron chi connectivity index (χ4n) is 5.24. The van der Waals surface area contributed by atoms with Crippen molar-refractivity contribution in [3.63, 3.8) is 0 Å². The molecule has 0 saturated carbocycles. The van der Waals surface area contributed by atoms with Crippen LogP contribution in [-0.4, -0.2) is 24.0 Å². The Morgan fingerprint density at radius 3 is 1.88 bits per heavy atom. The summed E-state index contributed by atoms with van der Waals surface area (Å²) in [6, 6.07) is 43.2. The average Bonchev–Trinajstić information content (AvgIpc) is 3.50. The molecule has 4 aromatic carbocycles. The lowest BCUT2D eigenvalue weighted by atomic mass is 9.88. The highest BCUT2D eigenvalue weighted by Crippen LogP contribution is 2.27. The summed E-state index contributed by atoms with van der Waals surface area (Å²) < 4.78 is 11.7. The number of hydrogen-bond acceptors (Lipinski definition) is 4.